The predicted octanol–water partition coefficient (Wildman–Crippen LogP) is 3.91. The van der Waals surface area contributed by atoms with Crippen LogP contribution in [-0.4, -0.2) is 29.7 Å². The van der Waals surface area contributed by atoms with Gasteiger partial charge in [-0.2, -0.15) is 5.12 Å². The molecule has 5 nitrogen and oxygen atoms in total. The van der Waals surface area contributed by atoms with E-state index in [-0.39, 0.29) is 0 Å². The number of nitrogens with one attached hydrogen (secondary N) is 2. The van der Waals surface area contributed by atoms with Gasteiger partial charge >= 0.3 is 0 Å². The van der Waals surface area contributed by atoms with Crippen molar-refractivity contribution in [2.45, 2.75) is 32.2 Å². The zero-order valence-electron chi connectivity index (χ0n) is 17.0. The van der Waals surface area contributed by atoms with Crippen LogP contribution in [0.2, 0.25) is 0 Å². The minimum atomic E-state index is 0.640. The van der Waals surface area contributed by atoms with E-state index in [0.29, 0.717) is 6.04 Å². The summed E-state index contributed by atoms with van der Waals surface area (Å²) in [6, 6.07) is 16.1. The number of rotatable bonds is 3. The molecule has 2 aromatic carbocycles. The molecule has 0 unspecified atom stereocenters. The Labute approximate surface area is 168 Å². The van der Waals surface area contributed by atoms with Crippen LogP contribution in [0, 0.1) is 6.92 Å². The van der Waals surface area contributed by atoms with Crippen LogP contribution in [0.1, 0.15) is 24.0 Å². The largest absolute Gasteiger partial charge is 0.361 e. The topological polar surface area (TPSA) is 83.1 Å². The van der Waals surface area contributed by atoms with Gasteiger partial charge in [0.1, 0.15) is 0 Å². The van der Waals surface area contributed by atoms with Gasteiger partial charge in [0.15, 0.2) is 0 Å². The monoisotopic (exact) mass is 379 g/mol. The van der Waals surface area contributed by atoms with Gasteiger partial charge in [-0.3, -0.25) is 11.7 Å². The maximum Gasteiger partial charge on any atom is 0.0457 e. The summed E-state index contributed by atoms with van der Waals surface area (Å²) in [5.41, 5.74) is 6.58. The van der Waals surface area contributed by atoms with E-state index in [4.69, 9.17) is 11.7 Å². The number of nitrogens with two attached hydrogens (primary N) is 2. The van der Waals surface area contributed by atoms with Crippen molar-refractivity contribution in [3.63, 3.8) is 0 Å². The van der Waals surface area contributed by atoms with Crippen LogP contribution in [0.25, 0.3) is 22.0 Å². The van der Waals surface area contributed by atoms with Crippen LogP contribution in [-0.2, 0) is 6.42 Å². The first kappa shape index (κ1) is 21.9. The zero-order valence-corrected chi connectivity index (χ0v) is 17.0. The highest BCUT2D eigenvalue weighted by atomic mass is 15.6. The van der Waals surface area contributed by atoms with Crippen molar-refractivity contribution in [1.29, 1.82) is 0 Å². The summed E-state index contributed by atoms with van der Waals surface area (Å²) in [6.07, 6.45) is 5.91. The summed E-state index contributed by atoms with van der Waals surface area (Å²) in [5, 5.41) is 5.97. The minimum Gasteiger partial charge on any atom is -0.361 e. The van der Waals surface area contributed by atoms with Crippen LogP contribution in [0.15, 0.2) is 61.8 Å². The summed E-state index contributed by atoms with van der Waals surface area (Å²) in [4.78, 5) is 3.42. The number of hydrogen-bond donors (Lipinski definition) is 4. The lowest BCUT2D eigenvalue weighted by atomic mass is 9.99. The molecule has 0 bridgehead atoms. The van der Waals surface area contributed by atoms with Crippen molar-refractivity contribution in [2.75, 3.05) is 13.6 Å². The first-order valence-corrected chi connectivity index (χ1v) is 9.66. The fourth-order valence-electron chi connectivity index (χ4n) is 3.55. The summed E-state index contributed by atoms with van der Waals surface area (Å²) in [7, 11) is 1.56. The standard InChI is InChI=1S/C20H22N2.C2H4.CH7N3/c1-14-4-2-5-15(10-14)16-7-8-20-19(12-16)17(13-22-20)11-18-6-3-9-21-18;1-2;1-4(2)3/h2,4-5,7-8,10,12-13,18,21-22H,3,6,9,11H2,1H3;1-2H2;2-3H2,1H3/t18-;;/m1../s1. The van der Waals surface area contributed by atoms with Crippen LogP contribution >= 0.6 is 0 Å². The van der Waals surface area contributed by atoms with Gasteiger partial charge in [-0.05, 0) is 61.6 Å². The van der Waals surface area contributed by atoms with Crippen LogP contribution in [0.3, 0.4) is 0 Å². The van der Waals surface area contributed by atoms with Crippen molar-refractivity contribution in [1.82, 2.24) is 15.4 Å². The van der Waals surface area contributed by atoms with Crippen molar-refractivity contribution in [3.05, 3.63) is 72.9 Å². The Morgan fingerprint density at radius 3 is 2.46 bits per heavy atom. The molecule has 1 aliphatic rings. The highest BCUT2D eigenvalue weighted by Gasteiger charge is 2.16. The SMILES string of the molecule is C=C.CN(N)N.Cc1cccc(-c2ccc3[nH]cc(C[C@H]4CCCN4)c3c2)c1. The molecule has 0 spiro atoms. The van der Waals surface area contributed by atoms with E-state index in [0.717, 1.165) is 11.5 Å². The number of hydrogen-bond acceptors (Lipinski definition) is 4. The Morgan fingerprint density at radius 2 is 1.82 bits per heavy atom. The quantitative estimate of drug-likeness (QED) is 0.316. The van der Waals surface area contributed by atoms with Crippen molar-refractivity contribution < 1.29 is 0 Å². The summed E-state index contributed by atoms with van der Waals surface area (Å²) >= 11 is 0. The predicted molar refractivity (Wildman–Crippen MR) is 121 cm³/mol. The van der Waals surface area contributed by atoms with Crippen molar-refractivity contribution in [3.8, 4) is 11.1 Å². The van der Waals surface area contributed by atoms with Crippen molar-refractivity contribution in [2.24, 2.45) is 11.7 Å². The van der Waals surface area contributed by atoms with Gasteiger partial charge in [0.05, 0.1) is 0 Å². The Bertz CT molecular complexity index is 860. The molecule has 4 rings (SSSR count). The highest BCUT2D eigenvalue weighted by molar-refractivity contribution is 5.88. The second-order valence-corrected chi connectivity index (χ2v) is 7.11. The zero-order chi connectivity index (χ0) is 20.5. The van der Waals surface area contributed by atoms with E-state index in [9.17, 15) is 0 Å². The number of fused-ring (bicyclic) bond motifs is 1. The number of aryl methyl sites for hydroxylation is 1. The third kappa shape index (κ3) is 6.04. The molecule has 6 N–H and O–H groups in total. The Kier molecular flexibility index (Phi) is 8.42. The minimum absolute atomic E-state index is 0.640. The first-order valence-electron chi connectivity index (χ1n) is 9.66. The maximum atomic E-state index is 4.72. The fourth-order valence-corrected chi connectivity index (χ4v) is 3.55. The van der Waals surface area contributed by atoms with E-state index in [1.54, 1.807) is 7.05 Å². The molecule has 150 valence electrons. The molecule has 0 aliphatic carbocycles. The fraction of sp³-hybridized carbons (Fsp3) is 0.304. The molecule has 3 aromatic rings. The third-order valence-electron chi connectivity index (χ3n) is 4.75. The van der Waals surface area contributed by atoms with Gasteiger partial charge < -0.3 is 10.3 Å². The first-order chi connectivity index (χ1) is 13.5. The van der Waals surface area contributed by atoms with Gasteiger partial charge in [-0.15, -0.1) is 13.2 Å². The summed E-state index contributed by atoms with van der Waals surface area (Å²) < 4.78 is 0. The van der Waals surface area contributed by atoms with Gasteiger partial charge in [-0.25, -0.2) is 0 Å². The molecule has 0 radical (unpaired) electrons. The third-order valence-corrected chi connectivity index (χ3v) is 4.75. The van der Waals surface area contributed by atoms with Crippen LogP contribution < -0.4 is 17.0 Å². The average molecular weight is 380 g/mol. The normalized spacial score (nSPS) is 15.7. The second-order valence-electron chi connectivity index (χ2n) is 7.11. The maximum absolute atomic E-state index is 4.72. The number of H-pyrrole nitrogens is 1. The molecule has 5 heteroatoms. The number of benzene rings is 2. The molecule has 2 heterocycles. The highest BCUT2D eigenvalue weighted by Crippen LogP contribution is 2.28. The Hall–Kier alpha value is -2.44. The van der Waals surface area contributed by atoms with E-state index >= 15 is 0 Å². The molecule has 1 atom stereocenters. The van der Waals surface area contributed by atoms with Crippen molar-refractivity contribution >= 4 is 10.9 Å². The summed E-state index contributed by atoms with van der Waals surface area (Å²) in [5.74, 6) is 9.44. The molecule has 1 aliphatic heterocycles. The van der Waals surface area contributed by atoms with E-state index < -0.39 is 0 Å². The van der Waals surface area contributed by atoms with Crippen LogP contribution in [0.5, 0.6) is 0 Å². The van der Waals surface area contributed by atoms with E-state index in [1.165, 1.54) is 52.5 Å². The average Bonchev–Trinajstić information content (AvgIpc) is 3.33. The molecule has 1 aromatic heterocycles. The number of aromatic nitrogens is 1. The van der Waals surface area contributed by atoms with Crippen LogP contribution in [0.4, 0.5) is 0 Å². The van der Waals surface area contributed by atoms with Gasteiger partial charge in [0, 0.05) is 30.2 Å². The molecule has 28 heavy (non-hydrogen) atoms. The smallest absolute Gasteiger partial charge is 0.0457 e. The Balaban J connectivity index is 0.000000419. The lowest BCUT2D eigenvalue weighted by Crippen LogP contribution is -2.32. The number of hydrazine groups is 2. The number of aromatic amines is 1. The lowest BCUT2D eigenvalue weighted by Gasteiger charge is -2.09. The Morgan fingerprint density at radius 1 is 1.11 bits per heavy atom. The van der Waals surface area contributed by atoms with Gasteiger partial charge in [-0.1, -0.05) is 35.9 Å². The number of nitrogens with zero attached hydrogens (tertiary/aromatic N) is 1. The molecule has 0 saturated carbocycles. The second kappa shape index (κ2) is 10.8. The van der Waals surface area contributed by atoms with Gasteiger partial charge in [0.2, 0.25) is 0 Å². The summed E-state index contributed by atoms with van der Waals surface area (Å²) in [6.45, 7) is 9.32. The molecular formula is C23H33N5. The molecule has 0 amide bonds. The van der Waals surface area contributed by atoms with Gasteiger partial charge in [0.25, 0.3) is 0 Å². The lowest BCUT2D eigenvalue weighted by molar-refractivity contribution is 0.366. The van der Waals surface area contributed by atoms with E-state index in [2.05, 4.69) is 79.0 Å². The molecule has 1 saturated heterocycles. The van der Waals surface area contributed by atoms with E-state index in [1.807, 2.05) is 0 Å². The molecule has 1 fully saturated rings. The molecular weight excluding hydrogens is 346 g/mol.